The number of nitrogens with zero attached hydrogens (tertiary/aromatic N) is 1. The van der Waals surface area contributed by atoms with Gasteiger partial charge in [0.15, 0.2) is 0 Å². The Balaban J connectivity index is 1.68. The zero-order valence-corrected chi connectivity index (χ0v) is 17.0. The van der Waals surface area contributed by atoms with Gasteiger partial charge in [-0.25, -0.2) is 8.42 Å². The Labute approximate surface area is 166 Å². The van der Waals surface area contributed by atoms with Crippen LogP contribution in [0, 0.1) is 6.92 Å². The van der Waals surface area contributed by atoms with Gasteiger partial charge in [-0.3, -0.25) is 9.10 Å². The quantitative estimate of drug-likeness (QED) is 0.806. The van der Waals surface area contributed by atoms with E-state index in [-0.39, 0.29) is 17.7 Å². The summed E-state index contributed by atoms with van der Waals surface area (Å²) in [5.41, 5.74) is 1.86. The second-order valence-corrected chi connectivity index (χ2v) is 9.11. The number of para-hydroxylation sites is 1. The maximum atomic E-state index is 12.6. The first kappa shape index (κ1) is 20.2. The number of amides is 1. The number of rotatable bonds is 6. The normalized spacial score (nSPS) is 17.0. The molecule has 1 aliphatic rings. The molecule has 0 spiro atoms. The Morgan fingerprint density at radius 3 is 2.64 bits per heavy atom. The van der Waals surface area contributed by atoms with Crippen molar-refractivity contribution in [2.45, 2.75) is 32.7 Å². The van der Waals surface area contributed by atoms with Gasteiger partial charge in [0.2, 0.25) is 10.0 Å². The van der Waals surface area contributed by atoms with Gasteiger partial charge in [-0.2, -0.15) is 0 Å². The fourth-order valence-electron chi connectivity index (χ4n) is 3.17. The molecule has 1 saturated heterocycles. The SMILES string of the molecule is Cc1ccc(C(=O)NC(C)COc2ccccc2)cc1N1CCCCS1(=O)=O. The second kappa shape index (κ2) is 8.65. The van der Waals surface area contributed by atoms with Crippen LogP contribution in [0.5, 0.6) is 5.75 Å². The van der Waals surface area contributed by atoms with E-state index in [0.717, 1.165) is 17.7 Å². The Kier molecular flexibility index (Phi) is 6.24. The topological polar surface area (TPSA) is 75.7 Å². The van der Waals surface area contributed by atoms with E-state index in [1.165, 1.54) is 4.31 Å². The van der Waals surface area contributed by atoms with Crippen molar-refractivity contribution in [3.63, 3.8) is 0 Å². The van der Waals surface area contributed by atoms with Crippen LogP contribution in [-0.4, -0.2) is 39.3 Å². The minimum absolute atomic E-state index is 0.150. The smallest absolute Gasteiger partial charge is 0.251 e. The Bertz CT molecular complexity index is 929. The van der Waals surface area contributed by atoms with Crippen LogP contribution in [0.2, 0.25) is 0 Å². The van der Waals surface area contributed by atoms with Crippen LogP contribution in [0.25, 0.3) is 0 Å². The average Bonchev–Trinajstić information content (AvgIpc) is 2.67. The second-order valence-electron chi connectivity index (χ2n) is 7.10. The number of carbonyl (C=O) groups is 1. The minimum atomic E-state index is -3.32. The molecule has 2 aromatic carbocycles. The third kappa shape index (κ3) is 4.84. The fraction of sp³-hybridized carbons (Fsp3) is 0.381. The van der Waals surface area contributed by atoms with Crippen molar-refractivity contribution in [2.24, 2.45) is 0 Å². The molecule has 0 radical (unpaired) electrons. The molecule has 1 amide bonds. The summed E-state index contributed by atoms with van der Waals surface area (Å²) in [7, 11) is -3.32. The molecule has 7 heteroatoms. The highest BCUT2D eigenvalue weighted by atomic mass is 32.2. The maximum Gasteiger partial charge on any atom is 0.251 e. The van der Waals surface area contributed by atoms with E-state index in [4.69, 9.17) is 4.74 Å². The monoisotopic (exact) mass is 402 g/mol. The van der Waals surface area contributed by atoms with E-state index < -0.39 is 10.0 Å². The molecule has 1 fully saturated rings. The van der Waals surface area contributed by atoms with Crippen molar-refractivity contribution >= 4 is 21.6 Å². The van der Waals surface area contributed by atoms with Crippen molar-refractivity contribution < 1.29 is 17.9 Å². The van der Waals surface area contributed by atoms with Crippen molar-refractivity contribution in [3.8, 4) is 5.75 Å². The molecule has 1 aliphatic heterocycles. The summed E-state index contributed by atoms with van der Waals surface area (Å²) in [4.78, 5) is 12.6. The van der Waals surface area contributed by atoms with Gasteiger partial charge in [-0.15, -0.1) is 0 Å². The van der Waals surface area contributed by atoms with Crippen molar-refractivity contribution in [3.05, 3.63) is 59.7 Å². The molecule has 0 aromatic heterocycles. The van der Waals surface area contributed by atoms with E-state index in [1.54, 1.807) is 18.2 Å². The van der Waals surface area contributed by atoms with Crippen LogP contribution < -0.4 is 14.4 Å². The van der Waals surface area contributed by atoms with Crippen LogP contribution in [0.1, 0.15) is 35.7 Å². The summed E-state index contributed by atoms with van der Waals surface area (Å²) in [6.07, 6.45) is 1.50. The molecule has 1 unspecified atom stereocenters. The molecule has 0 aliphatic carbocycles. The lowest BCUT2D eigenvalue weighted by molar-refractivity contribution is 0.0926. The van der Waals surface area contributed by atoms with Crippen LogP contribution >= 0.6 is 0 Å². The highest BCUT2D eigenvalue weighted by Crippen LogP contribution is 2.28. The predicted octanol–water partition coefficient (Wildman–Crippen LogP) is 3.12. The number of carbonyl (C=O) groups excluding carboxylic acids is 1. The summed E-state index contributed by atoms with van der Waals surface area (Å²) in [6, 6.07) is 14.4. The van der Waals surface area contributed by atoms with E-state index in [1.807, 2.05) is 44.2 Å². The lowest BCUT2D eigenvalue weighted by atomic mass is 10.1. The zero-order chi connectivity index (χ0) is 20.1. The van der Waals surface area contributed by atoms with Crippen LogP contribution in [-0.2, 0) is 10.0 Å². The van der Waals surface area contributed by atoms with Crippen molar-refractivity contribution in [2.75, 3.05) is 23.2 Å². The van der Waals surface area contributed by atoms with E-state index in [2.05, 4.69) is 5.32 Å². The van der Waals surface area contributed by atoms with Gasteiger partial charge in [-0.1, -0.05) is 24.3 Å². The van der Waals surface area contributed by atoms with Gasteiger partial charge < -0.3 is 10.1 Å². The molecule has 6 nitrogen and oxygen atoms in total. The summed E-state index contributed by atoms with van der Waals surface area (Å²) in [6.45, 7) is 4.52. The lowest BCUT2D eigenvalue weighted by Gasteiger charge is -2.29. The highest BCUT2D eigenvalue weighted by Gasteiger charge is 2.27. The van der Waals surface area contributed by atoms with Gasteiger partial charge in [0.1, 0.15) is 12.4 Å². The average molecular weight is 403 g/mol. The Morgan fingerprint density at radius 1 is 1.18 bits per heavy atom. The predicted molar refractivity (Wildman–Crippen MR) is 110 cm³/mol. The third-order valence-corrected chi connectivity index (χ3v) is 6.57. The number of hydrogen-bond acceptors (Lipinski definition) is 4. The van der Waals surface area contributed by atoms with Gasteiger partial charge in [-0.05, 0) is 56.5 Å². The third-order valence-electron chi connectivity index (χ3n) is 4.71. The molecular formula is C21H26N2O4S. The summed E-state index contributed by atoms with van der Waals surface area (Å²) < 4.78 is 31.9. The van der Waals surface area contributed by atoms with Gasteiger partial charge in [0.25, 0.3) is 5.91 Å². The molecule has 0 saturated carbocycles. The zero-order valence-electron chi connectivity index (χ0n) is 16.2. The standard InChI is InChI=1S/C21H26N2O4S/c1-16-10-11-18(14-20(16)23-12-6-7-13-28(23,25)26)21(24)22-17(2)15-27-19-8-4-3-5-9-19/h3-5,8-11,14,17H,6-7,12-13,15H2,1-2H3,(H,22,24). The number of ether oxygens (including phenoxy) is 1. The van der Waals surface area contributed by atoms with Gasteiger partial charge >= 0.3 is 0 Å². The first-order valence-electron chi connectivity index (χ1n) is 9.46. The number of benzene rings is 2. The lowest BCUT2D eigenvalue weighted by Crippen LogP contribution is -2.39. The molecule has 1 N–H and O–H groups in total. The minimum Gasteiger partial charge on any atom is -0.491 e. The number of nitrogens with one attached hydrogen (secondary N) is 1. The van der Waals surface area contributed by atoms with Crippen LogP contribution in [0.3, 0.4) is 0 Å². The van der Waals surface area contributed by atoms with Crippen LogP contribution in [0.15, 0.2) is 48.5 Å². The summed E-state index contributed by atoms with van der Waals surface area (Å²) in [5, 5.41) is 2.90. The summed E-state index contributed by atoms with van der Waals surface area (Å²) in [5.74, 6) is 0.646. The van der Waals surface area contributed by atoms with Gasteiger partial charge in [0, 0.05) is 12.1 Å². The Morgan fingerprint density at radius 2 is 1.93 bits per heavy atom. The molecule has 1 heterocycles. The van der Waals surface area contributed by atoms with E-state index in [0.29, 0.717) is 30.8 Å². The highest BCUT2D eigenvalue weighted by molar-refractivity contribution is 7.92. The van der Waals surface area contributed by atoms with E-state index >= 15 is 0 Å². The molecule has 1 atom stereocenters. The van der Waals surface area contributed by atoms with Crippen molar-refractivity contribution in [1.82, 2.24) is 5.32 Å². The van der Waals surface area contributed by atoms with E-state index in [9.17, 15) is 13.2 Å². The Hall–Kier alpha value is -2.54. The fourth-order valence-corrected chi connectivity index (χ4v) is 4.86. The molecule has 0 bridgehead atoms. The molecule has 2 aromatic rings. The number of sulfonamides is 1. The maximum absolute atomic E-state index is 12.6. The molecular weight excluding hydrogens is 376 g/mol. The first-order chi connectivity index (χ1) is 13.4. The van der Waals surface area contributed by atoms with Gasteiger partial charge in [0.05, 0.1) is 17.5 Å². The number of anilines is 1. The first-order valence-corrected chi connectivity index (χ1v) is 11.1. The molecule has 3 rings (SSSR count). The molecule has 28 heavy (non-hydrogen) atoms. The van der Waals surface area contributed by atoms with Crippen LogP contribution in [0.4, 0.5) is 5.69 Å². The summed E-state index contributed by atoms with van der Waals surface area (Å²) >= 11 is 0. The number of hydrogen-bond donors (Lipinski definition) is 1. The van der Waals surface area contributed by atoms with Crippen molar-refractivity contribution in [1.29, 1.82) is 0 Å². The largest absolute Gasteiger partial charge is 0.491 e. The number of aryl methyl sites for hydroxylation is 1. The molecule has 150 valence electrons.